The van der Waals surface area contributed by atoms with Crippen molar-refractivity contribution in [3.8, 4) is 22.6 Å². The Hall–Kier alpha value is -4.19. The molecule has 0 atom stereocenters. The minimum atomic E-state index is -0.0954. The molecule has 6 aromatic rings. The number of benzene rings is 5. The van der Waals surface area contributed by atoms with Crippen LogP contribution in [0.1, 0.15) is 37.5 Å². The number of carbonyl (C=O) groups excluding carboxylic acids is 2. The summed E-state index contributed by atoms with van der Waals surface area (Å²) in [5, 5.41) is 20.7. The summed E-state index contributed by atoms with van der Waals surface area (Å²) in [6.45, 7) is 6.43. The van der Waals surface area contributed by atoms with Crippen LogP contribution in [0.3, 0.4) is 0 Å². The van der Waals surface area contributed by atoms with Crippen molar-refractivity contribution < 1.29 is 40.9 Å². The fourth-order valence-corrected chi connectivity index (χ4v) is 4.22. The zero-order valence-corrected chi connectivity index (χ0v) is 27.7. The van der Waals surface area contributed by atoms with Gasteiger partial charge in [0, 0.05) is 10.6 Å². The zero-order chi connectivity index (χ0) is 30.8. The molecule has 6 rings (SSSR count). The van der Waals surface area contributed by atoms with Crippen LogP contribution in [0, 0.1) is 0 Å². The molecule has 5 aromatic carbocycles. The minimum absolute atomic E-state index is 0. The Kier molecular flexibility index (Phi) is 12.5. The molecule has 218 valence electrons. The van der Waals surface area contributed by atoms with E-state index < -0.39 is 0 Å². The van der Waals surface area contributed by atoms with Crippen LogP contribution < -0.4 is 0 Å². The second kappa shape index (κ2) is 16.0. The maximum atomic E-state index is 11.0. The van der Waals surface area contributed by atoms with E-state index in [4.69, 9.17) is 11.6 Å². The van der Waals surface area contributed by atoms with Gasteiger partial charge < -0.3 is 14.7 Å². The van der Waals surface area contributed by atoms with Crippen LogP contribution in [0.25, 0.3) is 27.8 Å². The molecular formula is C36H30ClN3O3Zr. The summed E-state index contributed by atoms with van der Waals surface area (Å²) < 4.78 is 0. The van der Waals surface area contributed by atoms with Crippen molar-refractivity contribution in [2.45, 2.75) is 26.2 Å². The number of fused-ring (bicyclic) bond motifs is 1. The van der Waals surface area contributed by atoms with Gasteiger partial charge in [-0.2, -0.15) is 35.4 Å². The van der Waals surface area contributed by atoms with Crippen LogP contribution in [0.15, 0.2) is 121 Å². The number of phenols is 1. The third-order valence-corrected chi connectivity index (χ3v) is 6.62. The molecule has 1 N–H and O–H groups in total. The average Bonchev–Trinajstić information content (AvgIpc) is 3.45. The van der Waals surface area contributed by atoms with Crippen molar-refractivity contribution in [1.82, 2.24) is 15.0 Å². The summed E-state index contributed by atoms with van der Waals surface area (Å²) in [6, 6.07) is 37.0. The van der Waals surface area contributed by atoms with Crippen LogP contribution in [0.5, 0.6) is 5.75 Å². The second-order valence-corrected chi connectivity index (χ2v) is 11.0. The molecule has 0 saturated heterocycles. The topological polar surface area (TPSA) is 85.1 Å². The molecule has 0 aliphatic carbocycles. The van der Waals surface area contributed by atoms with Crippen molar-refractivity contribution in [2.24, 2.45) is 0 Å². The molecule has 0 bridgehead atoms. The number of phenolic OH excluding ortho intramolecular Hbond substituents is 1. The molecule has 1 heterocycles. The Balaban J connectivity index is 0.000000254. The fraction of sp³-hybridized carbons (Fsp3) is 0.111. The maximum Gasteiger partial charge on any atom is 2.00 e. The number of aromatic nitrogens is 3. The van der Waals surface area contributed by atoms with E-state index in [-0.39, 0.29) is 37.4 Å². The van der Waals surface area contributed by atoms with E-state index in [1.165, 1.54) is 4.80 Å². The standard InChI is InChI=1S/C22H20ClN3O.2C7H5O.Zr/c1-22(2,3)15-11-17(14-7-5-4-6-8-14)21(27)20(12-15)26-24-18-10-9-16(23)13-19(18)25-26;2*8-6-7-4-2-1-3-5-7;/h4-13,27H,1-3H3;2*1-5H;/q;2*-1;+2. The Labute approximate surface area is 281 Å². The molecule has 0 spiro atoms. The van der Waals surface area contributed by atoms with Gasteiger partial charge in [-0.15, -0.1) is 39.3 Å². The second-order valence-electron chi connectivity index (χ2n) is 10.6. The molecule has 0 amide bonds. The van der Waals surface area contributed by atoms with E-state index in [1.807, 2.05) is 60.7 Å². The summed E-state index contributed by atoms with van der Waals surface area (Å²) in [4.78, 5) is 21.2. The van der Waals surface area contributed by atoms with E-state index in [2.05, 4.69) is 31.0 Å². The van der Waals surface area contributed by atoms with E-state index in [0.29, 0.717) is 27.4 Å². The van der Waals surface area contributed by atoms with E-state index >= 15 is 0 Å². The third-order valence-electron chi connectivity index (χ3n) is 6.38. The summed E-state index contributed by atoms with van der Waals surface area (Å²) >= 11 is 6.07. The van der Waals surface area contributed by atoms with Gasteiger partial charge in [-0.05, 0) is 46.9 Å². The van der Waals surface area contributed by atoms with Gasteiger partial charge in [-0.25, -0.2) is 0 Å². The predicted octanol–water partition coefficient (Wildman–Crippen LogP) is 8.03. The average molecular weight is 679 g/mol. The first-order chi connectivity index (χ1) is 20.7. The van der Waals surface area contributed by atoms with E-state index in [1.54, 1.807) is 73.2 Å². The first-order valence-electron chi connectivity index (χ1n) is 13.5. The minimum Gasteiger partial charge on any atom is -0.505 e. The van der Waals surface area contributed by atoms with Crippen LogP contribution in [-0.2, 0) is 41.2 Å². The first kappa shape index (κ1) is 34.3. The molecule has 0 aliphatic heterocycles. The van der Waals surface area contributed by atoms with Crippen molar-refractivity contribution in [2.75, 3.05) is 0 Å². The van der Waals surface area contributed by atoms with Gasteiger partial charge in [0.05, 0.1) is 12.6 Å². The van der Waals surface area contributed by atoms with Gasteiger partial charge in [0.1, 0.15) is 16.7 Å². The number of rotatable bonds is 4. The Morgan fingerprint density at radius 2 is 1.18 bits per heavy atom. The SMILES string of the molecule is CC(C)(C)c1cc(-c2ccccc2)c(O)c(-n2nc3ccc(Cl)cc3n2)c1.O=[C-]c1ccccc1.O=[C-]c1ccccc1.[Zr+2]. The van der Waals surface area contributed by atoms with Gasteiger partial charge in [-0.3, -0.25) is 0 Å². The molecule has 0 fully saturated rings. The zero-order valence-electron chi connectivity index (χ0n) is 24.5. The molecule has 0 unspecified atom stereocenters. The van der Waals surface area contributed by atoms with Gasteiger partial charge >= 0.3 is 26.2 Å². The number of hydrogen-bond acceptors (Lipinski definition) is 5. The van der Waals surface area contributed by atoms with Crippen LogP contribution in [-0.4, -0.2) is 32.7 Å². The Morgan fingerprint density at radius 1 is 0.682 bits per heavy atom. The Bertz CT molecular complexity index is 1760. The smallest absolute Gasteiger partial charge is 0.505 e. The number of aromatic hydroxyl groups is 1. The van der Waals surface area contributed by atoms with Gasteiger partial charge in [0.25, 0.3) is 0 Å². The quantitative estimate of drug-likeness (QED) is 0.191. The van der Waals surface area contributed by atoms with Gasteiger partial charge in [0.15, 0.2) is 5.75 Å². The van der Waals surface area contributed by atoms with Crippen LogP contribution >= 0.6 is 11.6 Å². The van der Waals surface area contributed by atoms with E-state index in [0.717, 1.165) is 22.2 Å². The molecule has 0 aliphatic rings. The normalized spacial score (nSPS) is 10.4. The molecular weight excluding hydrogens is 649 g/mol. The van der Waals surface area contributed by atoms with Crippen molar-refractivity contribution in [3.63, 3.8) is 0 Å². The third kappa shape index (κ3) is 9.16. The van der Waals surface area contributed by atoms with Crippen molar-refractivity contribution >= 4 is 35.2 Å². The van der Waals surface area contributed by atoms with Crippen molar-refractivity contribution in [1.29, 1.82) is 0 Å². The predicted molar refractivity (Wildman–Crippen MR) is 172 cm³/mol. The van der Waals surface area contributed by atoms with Crippen LogP contribution in [0.4, 0.5) is 0 Å². The summed E-state index contributed by atoms with van der Waals surface area (Å²) in [6.07, 6.45) is 3.55. The first-order valence-corrected chi connectivity index (χ1v) is 13.9. The number of hydrogen-bond donors (Lipinski definition) is 1. The van der Waals surface area contributed by atoms with E-state index in [9.17, 15) is 14.7 Å². The van der Waals surface area contributed by atoms with Gasteiger partial charge in [0.2, 0.25) is 0 Å². The van der Waals surface area contributed by atoms with Crippen molar-refractivity contribution in [3.05, 3.63) is 143 Å². The monoisotopic (exact) mass is 677 g/mol. The summed E-state index contributed by atoms with van der Waals surface area (Å²) in [5.41, 5.74) is 5.87. The molecule has 1 aromatic heterocycles. The number of nitrogens with zero attached hydrogens (tertiary/aromatic N) is 3. The van der Waals surface area contributed by atoms with Crippen LogP contribution in [0.2, 0.25) is 5.02 Å². The molecule has 0 saturated carbocycles. The summed E-state index contributed by atoms with van der Waals surface area (Å²) in [7, 11) is 0. The largest absolute Gasteiger partial charge is 2.00 e. The maximum absolute atomic E-state index is 11.0. The Morgan fingerprint density at radius 3 is 1.66 bits per heavy atom. The fourth-order valence-electron chi connectivity index (χ4n) is 4.05. The molecule has 0 radical (unpaired) electrons. The number of halogens is 1. The molecule has 44 heavy (non-hydrogen) atoms. The summed E-state index contributed by atoms with van der Waals surface area (Å²) in [5.74, 6) is 0.153. The molecule has 6 nitrogen and oxygen atoms in total. The van der Waals surface area contributed by atoms with Gasteiger partial charge in [-0.1, -0.05) is 74.8 Å². The molecule has 8 heteroatoms.